The number of nitrogens with one attached hydrogen (secondary N) is 1. The molecule has 38 heavy (non-hydrogen) atoms. The molecule has 0 saturated heterocycles. The molecule has 0 aliphatic rings. The third-order valence-corrected chi connectivity index (χ3v) is 6.25. The molecule has 0 atom stereocenters. The number of halogens is 1. The van der Waals surface area contributed by atoms with Crippen LogP contribution < -0.4 is 24.3 Å². The minimum atomic E-state index is -0.997. The van der Waals surface area contributed by atoms with Crippen molar-refractivity contribution in [3.8, 4) is 29.1 Å². The number of carboxylic acid groups (broad SMARTS) is 1. The number of ether oxygens (including phenoxy) is 4. The molecule has 0 aromatic heterocycles. The van der Waals surface area contributed by atoms with Crippen molar-refractivity contribution in [1.82, 2.24) is 5.32 Å². The molecule has 0 bridgehead atoms. The molecule has 0 spiro atoms. The first-order valence-corrected chi connectivity index (χ1v) is 12.3. The fraction of sp³-hybridized carbons (Fsp3) is 0.179. The molecule has 0 aliphatic carbocycles. The monoisotopic (exact) mass is 628 g/mol. The molecular formula is C28H25IN2O7. The second-order valence-electron chi connectivity index (χ2n) is 7.86. The number of hydrogen-bond acceptors (Lipinski definition) is 7. The molecule has 0 fully saturated rings. The number of carbonyl (C=O) groups excluding carboxylic acids is 1. The second kappa shape index (κ2) is 13.3. The number of aromatic carboxylic acids is 1. The van der Waals surface area contributed by atoms with Gasteiger partial charge in [-0.1, -0.05) is 12.1 Å². The van der Waals surface area contributed by atoms with Crippen LogP contribution in [0, 0.1) is 14.9 Å². The Labute approximate surface area is 233 Å². The summed E-state index contributed by atoms with van der Waals surface area (Å²) in [6.07, 6.45) is 1.47. The fourth-order valence-electron chi connectivity index (χ4n) is 3.45. The molecular weight excluding hydrogens is 603 g/mol. The number of nitrogens with zero attached hydrogens (tertiary/aromatic N) is 1. The molecule has 10 heteroatoms. The molecule has 196 valence electrons. The lowest BCUT2D eigenvalue weighted by atomic mass is 10.1. The quantitative estimate of drug-likeness (QED) is 0.176. The Morgan fingerprint density at radius 3 is 2.32 bits per heavy atom. The summed E-state index contributed by atoms with van der Waals surface area (Å²) in [4.78, 5) is 23.8. The van der Waals surface area contributed by atoms with Gasteiger partial charge in [0, 0.05) is 18.2 Å². The van der Waals surface area contributed by atoms with Crippen LogP contribution in [-0.4, -0.2) is 38.3 Å². The van der Waals surface area contributed by atoms with Crippen LogP contribution in [0.15, 0.2) is 60.2 Å². The van der Waals surface area contributed by atoms with Gasteiger partial charge in [-0.25, -0.2) is 4.79 Å². The first kappa shape index (κ1) is 28.3. The minimum absolute atomic E-state index is 0.0810. The van der Waals surface area contributed by atoms with E-state index in [0.717, 1.165) is 11.1 Å². The Morgan fingerprint density at radius 2 is 1.71 bits per heavy atom. The van der Waals surface area contributed by atoms with Crippen molar-refractivity contribution >= 4 is 40.5 Å². The van der Waals surface area contributed by atoms with Crippen molar-refractivity contribution in [3.63, 3.8) is 0 Å². The third-order valence-electron chi connectivity index (χ3n) is 5.45. The molecule has 3 aromatic rings. The van der Waals surface area contributed by atoms with Gasteiger partial charge in [-0.2, -0.15) is 5.26 Å². The Kier molecular flexibility index (Phi) is 9.95. The van der Waals surface area contributed by atoms with E-state index in [1.807, 2.05) is 6.07 Å². The summed E-state index contributed by atoms with van der Waals surface area (Å²) in [5.74, 6) is 0.558. The third kappa shape index (κ3) is 7.17. The zero-order valence-corrected chi connectivity index (χ0v) is 23.1. The Hall–Kier alpha value is -4.24. The molecule has 0 heterocycles. The summed E-state index contributed by atoms with van der Waals surface area (Å²) in [7, 11) is 4.57. The van der Waals surface area contributed by atoms with E-state index in [-0.39, 0.29) is 24.3 Å². The van der Waals surface area contributed by atoms with Crippen molar-refractivity contribution in [2.45, 2.75) is 13.2 Å². The normalized spacial score (nSPS) is 10.8. The summed E-state index contributed by atoms with van der Waals surface area (Å²) in [6.45, 7) is 0.355. The molecule has 1 amide bonds. The van der Waals surface area contributed by atoms with Crippen LogP contribution >= 0.6 is 22.6 Å². The van der Waals surface area contributed by atoms with Crippen molar-refractivity contribution < 1.29 is 33.6 Å². The average Bonchev–Trinajstić information content (AvgIpc) is 2.93. The number of methoxy groups -OCH3 is 3. The van der Waals surface area contributed by atoms with Gasteiger partial charge in [0.1, 0.15) is 29.7 Å². The topological polar surface area (TPSA) is 127 Å². The maximum Gasteiger partial charge on any atom is 0.335 e. The van der Waals surface area contributed by atoms with E-state index in [2.05, 4.69) is 27.9 Å². The van der Waals surface area contributed by atoms with E-state index in [9.17, 15) is 14.9 Å². The molecule has 0 unspecified atom stereocenters. The zero-order valence-electron chi connectivity index (χ0n) is 20.9. The van der Waals surface area contributed by atoms with Crippen LogP contribution in [0.1, 0.15) is 27.0 Å². The van der Waals surface area contributed by atoms with Gasteiger partial charge in [0.25, 0.3) is 5.91 Å². The van der Waals surface area contributed by atoms with Gasteiger partial charge in [0.2, 0.25) is 0 Å². The second-order valence-corrected chi connectivity index (χ2v) is 9.02. The Balaban J connectivity index is 1.74. The molecule has 3 rings (SSSR count). The molecule has 0 aliphatic heterocycles. The molecule has 9 nitrogen and oxygen atoms in total. The van der Waals surface area contributed by atoms with E-state index in [1.165, 1.54) is 32.4 Å². The first-order valence-electron chi connectivity index (χ1n) is 11.2. The maximum absolute atomic E-state index is 12.7. The highest BCUT2D eigenvalue weighted by molar-refractivity contribution is 14.1. The standard InChI is InChI=1S/C28H25IN2O7/c1-35-22-9-8-20(24(13-22)36-2)15-31-27(32)21(14-30)10-18-11-23(29)26(25(12-18)37-3)38-16-17-4-6-19(7-5-17)28(33)34/h4-13H,15-16H2,1-3H3,(H,31,32)(H,33,34)/b21-10+. The van der Waals surface area contributed by atoms with Crippen LogP contribution in [-0.2, 0) is 17.9 Å². The lowest BCUT2D eigenvalue weighted by molar-refractivity contribution is -0.117. The van der Waals surface area contributed by atoms with Crippen molar-refractivity contribution in [2.24, 2.45) is 0 Å². The average molecular weight is 628 g/mol. The smallest absolute Gasteiger partial charge is 0.335 e. The van der Waals surface area contributed by atoms with Crippen LogP contribution in [0.5, 0.6) is 23.0 Å². The van der Waals surface area contributed by atoms with E-state index in [0.29, 0.717) is 32.1 Å². The number of carbonyl (C=O) groups is 2. The Bertz CT molecular complexity index is 1400. The van der Waals surface area contributed by atoms with Crippen LogP contribution in [0.25, 0.3) is 6.08 Å². The van der Waals surface area contributed by atoms with Gasteiger partial charge >= 0.3 is 5.97 Å². The Morgan fingerprint density at radius 1 is 1.00 bits per heavy atom. The summed E-state index contributed by atoms with van der Waals surface area (Å²) in [6, 6.07) is 17.0. The highest BCUT2D eigenvalue weighted by atomic mass is 127. The minimum Gasteiger partial charge on any atom is -0.497 e. The van der Waals surface area contributed by atoms with Crippen LogP contribution in [0.3, 0.4) is 0 Å². The SMILES string of the molecule is COc1ccc(CNC(=O)/C(C#N)=C/c2cc(I)c(OCc3ccc(C(=O)O)cc3)c(OC)c2)c(OC)c1. The number of benzene rings is 3. The summed E-state index contributed by atoms with van der Waals surface area (Å²) >= 11 is 2.09. The number of rotatable bonds is 11. The maximum atomic E-state index is 12.7. The fourth-order valence-corrected chi connectivity index (χ4v) is 4.23. The van der Waals surface area contributed by atoms with Crippen molar-refractivity contribution in [1.29, 1.82) is 5.26 Å². The van der Waals surface area contributed by atoms with Gasteiger partial charge < -0.3 is 29.4 Å². The molecule has 0 radical (unpaired) electrons. The number of amides is 1. The molecule has 3 aromatic carbocycles. The van der Waals surface area contributed by atoms with Crippen molar-refractivity contribution in [2.75, 3.05) is 21.3 Å². The van der Waals surface area contributed by atoms with E-state index in [1.54, 1.807) is 49.6 Å². The predicted octanol–water partition coefficient (Wildman–Crippen LogP) is 4.82. The molecule has 0 saturated carbocycles. The van der Waals surface area contributed by atoms with Crippen LogP contribution in [0.2, 0.25) is 0 Å². The number of hydrogen-bond donors (Lipinski definition) is 2. The summed E-state index contributed by atoms with van der Waals surface area (Å²) < 4.78 is 22.7. The van der Waals surface area contributed by atoms with E-state index in [4.69, 9.17) is 24.1 Å². The first-order chi connectivity index (χ1) is 18.3. The van der Waals surface area contributed by atoms with Crippen molar-refractivity contribution in [3.05, 3.63) is 86.0 Å². The van der Waals surface area contributed by atoms with Gasteiger partial charge in [0.05, 0.1) is 30.5 Å². The highest BCUT2D eigenvalue weighted by Gasteiger charge is 2.15. The van der Waals surface area contributed by atoms with Crippen LogP contribution in [0.4, 0.5) is 0 Å². The number of nitriles is 1. The lowest BCUT2D eigenvalue weighted by Gasteiger charge is -2.14. The van der Waals surface area contributed by atoms with Gasteiger partial charge in [-0.3, -0.25) is 4.79 Å². The van der Waals surface area contributed by atoms with E-state index < -0.39 is 11.9 Å². The van der Waals surface area contributed by atoms with E-state index >= 15 is 0 Å². The molecule has 2 N–H and O–H groups in total. The zero-order chi connectivity index (χ0) is 27.7. The summed E-state index contributed by atoms with van der Waals surface area (Å²) in [5, 5.41) is 21.4. The van der Waals surface area contributed by atoms with Gasteiger partial charge in [0.15, 0.2) is 11.5 Å². The van der Waals surface area contributed by atoms with Gasteiger partial charge in [-0.05, 0) is 76.2 Å². The largest absolute Gasteiger partial charge is 0.497 e. The highest BCUT2D eigenvalue weighted by Crippen LogP contribution is 2.35. The lowest BCUT2D eigenvalue weighted by Crippen LogP contribution is -2.24. The van der Waals surface area contributed by atoms with Gasteiger partial charge in [-0.15, -0.1) is 0 Å². The number of carboxylic acids is 1. The summed E-state index contributed by atoms with van der Waals surface area (Å²) in [5.41, 5.74) is 2.21. The predicted molar refractivity (Wildman–Crippen MR) is 148 cm³/mol.